The van der Waals surface area contributed by atoms with Crippen LogP contribution in [0.15, 0.2) is 18.2 Å². The third-order valence-corrected chi connectivity index (χ3v) is 3.45. The van der Waals surface area contributed by atoms with Gasteiger partial charge in [0.05, 0.1) is 6.54 Å². The SMILES string of the molecule is CC(C)(C)OC(=O)N1CCC[C@@H](Oc2ccc(Cl)cc2F)C1. The lowest BCUT2D eigenvalue weighted by Crippen LogP contribution is -2.46. The van der Waals surface area contributed by atoms with Crippen LogP contribution in [0.2, 0.25) is 5.02 Å². The Morgan fingerprint density at radius 3 is 2.77 bits per heavy atom. The summed E-state index contributed by atoms with van der Waals surface area (Å²) < 4.78 is 24.8. The lowest BCUT2D eigenvalue weighted by molar-refractivity contribution is 0.00737. The van der Waals surface area contributed by atoms with E-state index in [1.807, 2.05) is 20.8 Å². The molecule has 4 nitrogen and oxygen atoms in total. The number of ether oxygens (including phenoxy) is 2. The Hall–Kier alpha value is -1.49. The molecule has 1 aromatic rings. The Balaban J connectivity index is 1.97. The molecule has 0 unspecified atom stereocenters. The van der Waals surface area contributed by atoms with Crippen molar-refractivity contribution in [1.29, 1.82) is 0 Å². The van der Waals surface area contributed by atoms with Gasteiger partial charge in [0.15, 0.2) is 11.6 Å². The van der Waals surface area contributed by atoms with Gasteiger partial charge in [-0.2, -0.15) is 0 Å². The van der Waals surface area contributed by atoms with E-state index < -0.39 is 11.4 Å². The van der Waals surface area contributed by atoms with Crippen LogP contribution in [-0.2, 0) is 4.74 Å². The van der Waals surface area contributed by atoms with E-state index in [2.05, 4.69) is 0 Å². The number of rotatable bonds is 2. The summed E-state index contributed by atoms with van der Waals surface area (Å²) >= 11 is 5.72. The molecule has 0 radical (unpaired) electrons. The van der Waals surface area contributed by atoms with Crippen LogP contribution in [0.3, 0.4) is 0 Å². The minimum atomic E-state index is -0.535. The standard InChI is InChI=1S/C16H21ClFNO3/c1-16(2,3)22-15(20)19-8-4-5-12(10-19)21-14-7-6-11(17)9-13(14)18/h6-7,9,12H,4-5,8,10H2,1-3H3/t12-/m1/s1. The fraction of sp³-hybridized carbons (Fsp3) is 0.562. The lowest BCUT2D eigenvalue weighted by atomic mass is 10.1. The number of likely N-dealkylation sites (tertiary alicyclic amines) is 1. The zero-order valence-electron chi connectivity index (χ0n) is 13.1. The Morgan fingerprint density at radius 2 is 2.14 bits per heavy atom. The molecule has 0 spiro atoms. The molecular weight excluding hydrogens is 309 g/mol. The van der Waals surface area contributed by atoms with Crippen LogP contribution >= 0.6 is 11.6 Å². The summed E-state index contributed by atoms with van der Waals surface area (Å²) in [4.78, 5) is 13.7. The van der Waals surface area contributed by atoms with Gasteiger partial charge >= 0.3 is 6.09 Å². The lowest BCUT2D eigenvalue weighted by Gasteiger charge is -2.34. The molecule has 6 heteroatoms. The highest BCUT2D eigenvalue weighted by Crippen LogP contribution is 2.25. The van der Waals surface area contributed by atoms with Crippen molar-refractivity contribution in [2.24, 2.45) is 0 Å². The Labute approximate surface area is 135 Å². The molecule has 1 amide bonds. The summed E-state index contributed by atoms with van der Waals surface area (Å²) in [7, 11) is 0. The van der Waals surface area contributed by atoms with Gasteiger partial charge in [-0.05, 0) is 51.8 Å². The first kappa shape index (κ1) is 16.9. The van der Waals surface area contributed by atoms with E-state index in [1.54, 1.807) is 11.0 Å². The van der Waals surface area contributed by atoms with Gasteiger partial charge in [0.2, 0.25) is 0 Å². The number of carbonyl (C=O) groups is 1. The highest BCUT2D eigenvalue weighted by atomic mass is 35.5. The molecule has 1 aliphatic rings. The number of nitrogens with zero attached hydrogens (tertiary/aromatic N) is 1. The van der Waals surface area contributed by atoms with Gasteiger partial charge in [-0.1, -0.05) is 11.6 Å². The van der Waals surface area contributed by atoms with Gasteiger partial charge in [0.25, 0.3) is 0 Å². The van der Waals surface area contributed by atoms with Crippen molar-refractivity contribution in [2.75, 3.05) is 13.1 Å². The molecular formula is C16H21ClFNO3. The zero-order valence-corrected chi connectivity index (χ0v) is 13.8. The monoisotopic (exact) mass is 329 g/mol. The molecule has 0 N–H and O–H groups in total. The van der Waals surface area contributed by atoms with Crippen molar-refractivity contribution in [1.82, 2.24) is 4.90 Å². The molecule has 0 aliphatic carbocycles. The molecule has 22 heavy (non-hydrogen) atoms. The first-order valence-corrected chi connectivity index (χ1v) is 7.72. The van der Waals surface area contributed by atoms with E-state index in [-0.39, 0.29) is 17.9 Å². The average molecular weight is 330 g/mol. The summed E-state index contributed by atoms with van der Waals surface area (Å²) in [6.07, 6.45) is 0.940. The van der Waals surface area contributed by atoms with Crippen LogP contribution < -0.4 is 4.74 Å². The first-order valence-electron chi connectivity index (χ1n) is 7.34. The maximum atomic E-state index is 13.8. The van der Waals surface area contributed by atoms with Crippen LogP contribution in [0.1, 0.15) is 33.6 Å². The largest absolute Gasteiger partial charge is 0.486 e. The number of carbonyl (C=O) groups excluding carboxylic acids is 1. The Morgan fingerprint density at radius 1 is 1.41 bits per heavy atom. The number of hydrogen-bond donors (Lipinski definition) is 0. The fourth-order valence-electron chi connectivity index (χ4n) is 2.28. The first-order chi connectivity index (χ1) is 10.2. The molecule has 0 saturated carbocycles. The quantitative estimate of drug-likeness (QED) is 0.814. The van der Waals surface area contributed by atoms with E-state index in [9.17, 15) is 9.18 Å². The smallest absolute Gasteiger partial charge is 0.410 e. The van der Waals surface area contributed by atoms with Gasteiger partial charge in [-0.15, -0.1) is 0 Å². The van der Waals surface area contributed by atoms with Gasteiger partial charge in [-0.25, -0.2) is 9.18 Å². The van der Waals surface area contributed by atoms with Crippen molar-refractivity contribution < 1.29 is 18.7 Å². The molecule has 1 atom stereocenters. The van der Waals surface area contributed by atoms with Gasteiger partial charge in [0, 0.05) is 11.6 Å². The topological polar surface area (TPSA) is 38.8 Å². The van der Waals surface area contributed by atoms with Crippen LogP contribution in [0.25, 0.3) is 0 Å². The van der Waals surface area contributed by atoms with E-state index in [0.717, 1.165) is 12.8 Å². The average Bonchev–Trinajstić information content (AvgIpc) is 2.40. The van der Waals surface area contributed by atoms with Crippen molar-refractivity contribution in [2.45, 2.75) is 45.3 Å². The number of hydrogen-bond acceptors (Lipinski definition) is 3. The van der Waals surface area contributed by atoms with Crippen LogP contribution in [-0.4, -0.2) is 35.8 Å². The van der Waals surface area contributed by atoms with Crippen molar-refractivity contribution in [3.05, 3.63) is 29.0 Å². The van der Waals surface area contributed by atoms with Crippen molar-refractivity contribution >= 4 is 17.7 Å². The number of halogens is 2. The molecule has 0 bridgehead atoms. The molecule has 2 rings (SSSR count). The number of amides is 1. The zero-order chi connectivity index (χ0) is 16.3. The Kier molecular flexibility index (Phi) is 5.16. The van der Waals surface area contributed by atoms with E-state index in [1.165, 1.54) is 12.1 Å². The second-order valence-electron chi connectivity index (χ2n) is 6.38. The van der Waals surface area contributed by atoms with E-state index >= 15 is 0 Å². The number of benzene rings is 1. The Bertz CT molecular complexity index is 545. The molecule has 1 aromatic carbocycles. The maximum Gasteiger partial charge on any atom is 0.410 e. The van der Waals surface area contributed by atoms with Crippen LogP contribution in [0, 0.1) is 5.82 Å². The van der Waals surface area contributed by atoms with Crippen molar-refractivity contribution in [3.8, 4) is 5.75 Å². The summed E-state index contributed by atoms with van der Waals surface area (Å²) in [5.74, 6) is -0.345. The molecule has 1 aliphatic heterocycles. The number of piperidine rings is 1. The normalized spacial score (nSPS) is 19.0. The minimum Gasteiger partial charge on any atom is -0.486 e. The van der Waals surface area contributed by atoms with Gasteiger partial charge < -0.3 is 14.4 Å². The highest BCUT2D eigenvalue weighted by molar-refractivity contribution is 6.30. The van der Waals surface area contributed by atoms with Crippen LogP contribution in [0.4, 0.5) is 9.18 Å². The highest BCUT2D eigenvalue weighted by Gasteiger charge is 2.28. The van der Waals surface area contributed by atoms with Crippen LogP contribution in [0.5, 0.6) is 5.75 Å². The second-order valence-corrected chi connectivity index (χ2v) is 6.82. The fourth-order valence-corrected chi connectivity index (χ4v) is 2.44. The third kappa shape index (κ3) is 4.77. The van der Waals surface area contributed by atoms with Gasteiger partial charge in [0.1, 0.15) is 11.7 Å². The minimum absolute atomic E-state index is 0.153. The van der Waals surface area contributed by atoms with E-state index in [4.69, 9.17) is 21.1 Å². The second kappa shape index (κ2) is 6.73. The van der Waals surface area contributed by atoms with Gasteiger partial charge in [-0.3, -0.25) is 0 Å². The van der Waals surface area contributed by atoms with Crippen molar-refractivity contribution in [3.63, 3.8) is 0 Å². The molecule has 0 aromatic heterocycles. The molecule has 1 fully saturated rings. The predicted octanol–water partition coefficient (Wildman–Crippen LogP) is 4.26. The van der Waals surface area contributed by atoms with E-state index in [0.29, 0.717) is 18.1 Å². The molecule has 1 heterocycles. The molecule has 122 valence electrons. The summed E-state index contributed by atoms with van der Waals surface area (Å²) in [6.45, 7) is 6.48. The molecule has 1 saturated heterocycles. The maximum absolute atomic E-state index is 13.8. The summed E-state index contributed by atoms with van der Waals surface area (Å²) in [5.41, 5.74) is -0.535. The summed E-state index contributed by atoms with van der Waals surface area (Å²) in [6, 6.07) is 4.30. The third-order valence-electron chi connectivity index (χ3n) is 3.22. The summed E-state index contributed by atoms with van der Waals surface area (Å²) in [5, 5.41) is 0.323. The predicted molar refractivity (Wildman–Crippen MR) is 82.9 cm³/mol.